The number of hydrogen-bond donors (Lipinski definition) is 1. The Kier molecular flexibility index (Phi) is 56.5. The number of quaternary nitrogens is 1. The van der Waals surface area contributed by atoms with Crippen LogP contribution in [0.4, 0.5) is 0 Å². The van der Waals surface area contributed by atoms with Crippen LogP contribution < -0.4 is 0 Å². The number of phosphoric ester groups is 1. The normalized spacial score (nSPS) is 14.2. The highest BCUT2D eigenvalue weighted by atomic mass is 31.2. The zero-order chi connectivity index (χ0) is 58.4. The summed E-state index contributed by atoms with van der Waals surface area (Å²) in [5.41, 5.74) is 0. The smallest absolute Gasteiger partial charge is 0.462 e. The largest absolute Gasteiger partial charge is 0.472 e. The summed E-state index contributed by atoms with van der Waals surface area (Å²) in [6, 6.07) is 0. The molecule has 0 rings (SSSR count). The van der Waals surface area contributed by atoms with Crippen molar-refractivity contribution in [2.24, 2.45) is 0 Å². The summed E-state index contributed by atoms with van der Waals surface area (Å²) in [5.74, 6) is -0.835. The number of likely N-dealkylation sites (N-methyl/N-ethyl adjacent to an activating group) is 1. The van der Waals surface area contributed by atoms with Gasteiger partial charge in [0.25, 0.3) is 0 Å². The van der Waals surface area contributed by atoms with Crippen LogP contribution in [0, 0.1) is 0 Å². The predicted molar refractivity (Wildman–Crippen MR) is 343 cm³/mol. The Bertz CT molecular complexity index is 1860. The van der Waals surface area contributed by atoms with E-state index < -0.39 is 26.5 Å². The minimum absolute atomic E-state index is 0.0184. The number of hydrogen-bond acceptors (Lipinski definition) is 7. The molecule has 0 aliphatic carbocycles. The lowest BCUT2D eigenvalue weighted by molar-refractivity contribution is -0.870. The van der Waals surface area contributed by atoms with Gasteiger partial charge in [-0.05, 0) is 116 Å². The molecule has 1 N–H and O–H groups in total. The quantitative estimate of drug-likeness (QED) is 0.0211. The van der Waals surface area contributed by atoms with Gasteiger partial charge in [-0.15, -0.1) is 0 Å². The molecular formula is C70H117NO8P+. The van der Waals surface area contributed by atoms with Crippen LogP contribution in [0.15, 0.2) is 146 Å². The van der Waals surface area contributed by atoms with Crippen LogP contribution in [-0.4, -0.2) is 74.9 Å². The van der Waals surface area contributed by atoms with E-state index in [1.807, 2.05) is 21.1 Å². The maximum absolute atomic E-state index is 12.8. The van der Waals surface area contributed by atoms with E-state index in [-0.39, 0.29) is 32.0 Å². The molecule has 9 nitrogen and oxygen atoms in total. The second-order valence-electron chi connectivity index (χ2n) is 21.7. The first-order valence-corrected chi connectivity index (χ1v) is 33.1. The Morgan fingerprint density at radius 2 is 0.675 bits per heavy atom. The van der Waals surface area contributed by atoms with Gasteiger partial charge in [0.05, 0.1) is 27.7 Å². The average Bonchev–Trinajstić information content (AvgIpc) is 3.42. The first-order valence-electron chi connectivity index (χ1n) is 31.6. The Morgan fingerprint density at radius 3 is 1.00 bits per heavy atom. The van der Waals surface area contributed by atoms with Gasteiger partial charge >= 0.3 is 19.8 Å². The third-order valence-electron chi connectivity index (χ3n) is 12.9. The molecule has 0 aromatic heterocycles. The van der Waals surface area contributed by atoms with E-state index in [0.717, 1.165) is 122 Å². The van der Waals surface area contributed by atoms with Crippen molar-refractivity contribution < 1.29 is 42.1 Å². The molecule has 0 radical (unpaired) electrons. The molecule has 80 heavy (non-hydrogen) atoms. The summed E-state index contributed by atoms with van der Waals surface area (Å²) in [6.07, 6.45) is 87.8. The van der Waals surface area contributed by atoms with Crippen LogP contribution in [0.25, 0.3) is 0 Å². The number of rotatable bonds is 56. The molecule has 0 aromatic carbocycles. The molecule has 0 aliphatic rings. The lowest BCUT2D eigenvalue weighted by Crippen LogP contribution is -2.37. The van der Waals surface area contributed by atoms with Crippen molar-refractivity contribution in [2.45, 2.75) is 238 Å². The molecule has 0 aliphatic heterocycles. The molecule has 0 heterocycles. The van der Waals surface area contributed by atoms with Crippen molar-refractivity contribution in [1.82, 2.24) is 0 Å². The number of esters is 2. The average molecular weight is 1130 g/mol. The van der Waals surface area contributed by atoms with Crippen LogP contribution in [0.5, 0.6) is 0 Å². The Morgan fingerprint density at radius 1 is 0.388 bits per heavy atom. The van der Waals surface area contributed by atoms with Crippen LogP contribution in [0.3, 0.4) is 0 Å². The van der Waals surface area contributed by atoms with E-state index in [2.05, 4.69) is 160 Å². The van der Waals surface area contributed by atoms with Crippen molar-refractivity contribution in [1.29, 1.82) is 0 Å². The second-order valence-corrected chi connectivity index (χ2v) is 23.1. The summed E-state index contributed by atoms with van der Waals surface area (Å²) in [4.78, 5) is 35.8. The standard InChI is InChI=1S/C70H116NO8P/c1-6-8-10-12-14-16-18-20-22-24-26-28-30-32-34-35-37-39-41-43-45-47-49-51-53-55-57-59-61-63-70(73)79-68(67-78-80(74,75)77-65-64-71(3,4)5)66-76-69(72)62-60-58-56-54-52-50-48-46-44-42-40-38-36-33-31-29-27-25-23-21-19-17-15-13-11-9-7-2/h8-11,14-17,20-23,26-29,32,34,37,39,43,45,49,51,68H,6-7,12-13,18-19,24-25,30-31,33,35-36,38,40-42,44,46-48,50,52-67H2,1-5H3/p+1/b10-8-,11-9-,16-14-,17-15-,22-20-,23-21-,28-26-,29-27-,34-32-,39-37-,45-43-,51-49-. The molecular weight excluding hydrogens is 1010 g/mol. The summed E-state index contributed by atoms with van der Waals surface area (Å²) >= 11 is 0. The third kappa shape index (κ3) is 63.1. The third-order valence-corrected chi connectivity index (χ3v) is 13.8. The lowest BCUT2D eigenvalue weighted by Gasteiger charge is -2.24. The molecule has 454 valence electrons. The summed E-state index contributed by atoms with van der Waals surface area (Å²) in [7, 11) is 1.44. The highest BCUT2D eigenvalue weighted by Gasteiger charge is 2.27. The number of phosphoric acid groups is 1. The summed E-state index contributed by atoms with van der Waals surface area (Å²) in [6.45, 7) is 4.17. The lowest BCUT2D eigenvalue weighted by atomic mass is 10.0. The maximum Gasteiger partial charge on any atom is 0.472 e. The van der Waals surface area contributed by atoms with Gasteiger partial charge in [0, 0.05) is 12.8 Å². The molecule has 0 spiro atoms. The van der Waals surface area contributed by atoms with Gasteiger partial charge in [-0.3, -0.25) is 18.6 Å². The second kappa shape index (κ2) is 59.5. The highest BCUT2D eigenvalue weighted by Crippen LogP contribution is 2.43. The maximum atomic E-state index is 12.8. The van der Waals surface area contributed by atoms with E-state index in [4.69, 9.17) is 18.5 Å². The zero-order valence-electron chi connectivity index (χ0n) is 51.5. The summed E-state index contributed by atoms with van der Waals surface area (Å²) in [5, 5.41) is 0. The van der Waals surface area contributed by atoms with Crippen LogP contribution in [0.2, 0.25) is 0 Å². The van der Waals surface area contributed by atoms with Gasteiger partial charge in [0.1, 0.15) is 19.8 Å². The van der Waals surface area contributed by atoms with E-state index in [0.29, 0.717) is 17.4 Å². The number of nitrogens with zero attached hydrogens (tertiary/aromatic N) is 1. The molecule has 2 atom stereocenters. The van der Waals surface area contributed by atoms with E-state index in [9.17, 15) is 19.0 Å². The summed E-state index contributed by atoms with van der Waals surface area (Å²) < 4.78 is 34.6. The number of ether oxygens (including phenoxy) is 2. The van der Waals surface area contributed by atoms with Gasteiger partial charge in [-0.1, -0.05) is 250 Å². The number of carbonyl (C=O) groups is 2. The first kappa shape index (κ1) is 75.9. The van der Waals surface area contributed by atoms with E-state index >= 15 is 0 Å². The van der Waals surface area contributed by atoms with E-state index in [1.54, 1.807) is 0 Å². The van der Waals surface area contributed by atoms with Gasteiger partial charge in [-0.2, -0.15) is 0 Å². The van der Waals surface area contributed by atoms with Gasteiger partial charge in [0.2, 0.25) is 0 Å². The highest BCUT2D eigenvalue weighted by molar-refractivity contribution is 7.47. The fourth-order valence-corrected chi connectivity index (χ4v) is 8.82. The van der Waals surface area contributed by atoms with Gasteiger partial charge in [0.15, 0.2) is 6.10 Å². The number of carbonyl (C=O) groups excluding carboxylic acids is 2. The molecule has 0 aromatic rings. The Labute approximate surface area is 491 Å². The number of unbranched alkanes of at least 4 members (excludes halogenated alkanes) is 18. The first-order chi connectivity index (χ1) is 39.0. The molecule has 10 heteroatoms. The van der Waals surface area contributed by atoms with Crippen molar-refractivity contribution in [2.75, 3.05) is 47.5 Å². The molecule has 0 amide bonds. The van der Waals surface area contributed by atoms with Gasteiger partial charge in [-0.25, -0.2) is 4.57 Å². The van der Waals surface area contributed by atoms with Crippen molar-refractivity contribution in [3.63, 3.8) is 0 Å². The SMILES string of the molecule is CC/C=C\C/C=C\C/C=C\C/C=C\C/C=C\C/C=C\C/C=C\C/C=C\CCCCCCC(=O)OC(COC(=O)CCCCCCCCCCCCCCCC/C=C\C/C=C\C/C=C\C/C=C\CC)COP(=O)(O)OCC[N+](C)(C)C. The monoisotopic (exact) mass is 1130 g/mol. The van der Waals surface area contributed by atoms with Crippen molar-refractivity contribution in [3.8, 4) is 0 Å². The zero-order valence-corrected chi connectivity index (χ0v) is 52.4. The number of allylic oxidation sites excluding steroid dienone is 24. The fourth-order valence-electron chi connectivity index (χ4n) is 8.08. The van der Waals surface area contributed by atoms with Crippen molar-refractivity contribution in [3.05, 3.63) is 146 Å². The predicted octanol–water partition coefficient (Wildman–Crippen LogP) is 20.3. The van der Waals surface area contributed by atoms with Gasteiger partial charge < -0.3 is 18.9 Å². The fraction of sp³-hybridized carbons (Fsp3) is 0.629. The van der Waals surface area contributed by atoms with Crippen molar-refractivity contribution >= 4 is 19.8 Å². The Balaban J connectivity index is 4.22. The molecule has 0 bridgehead atoms. The minimum atomic E-state index is -4.41. The van der Waals surface area contributed by atoms with Crippen LogP contribution in [-0.2, 0) is 32.7 Å². The molecule has 0 fully saturated rings. The molecule has 0 saturated carbocycles. The Hall–Kier alpha value is -4.11. The molecule has 0 saturated heterocycles. The minimum Gasteiger partial charge on any atom is -0.462 e. The van der Waals surface area contributed by atoms with Crippen LogP contribution >= 0.6 is 7.82 Å². The molecule has 2 unspecified atom stereocenters. The van der Waals surface area contributed by atoms with E-state index in [1.165, 1.54) is 77.0 Å². The van der Waals surface area contributed by atoms with Crippen LogP contribution in [0.1, 0.15) is 232 Å². The topological polar surface area (TPSA) is 108 Å².